The number of rotatable bonds is 2. The molecular formula is C19H15O3-. The summed E-state index contributed by atoms with van der Waals surface area (Å²) in [7, 11) is 0. The zero-order valence-corrected chi connectivity index (χ0v) is 11.9. The van der Waals surface area contributed by atoms with E-state index in [1.54, 1.807) is 18.2 Å². The van der Waals surface area contributed by atoms with Crippen LogP contribution in [0.25, 0.3) is 11.1 Å². The summed E-state index contributed by atoms with van der Waals surface area (Å²) in [5, 5.41) is 9.84. The SMILES string of the molecule is O=C([O-])Oc1ccccc1.c1ccc(-c2ccccc2)cc1. The molecule has 0 saturated heterocycles. The summed E-state index contributed by atoms with van der Waals surface area (Å²) in [4.78, 5) is 9.84. The monoisotopic (exact) mass is 291 g/mol. The smallest absolute Gasteiger partial charge is 0.257 e. The van der Waals surface area contributed by atoms with E-state index in [0.29, 0.717) is 0 Å². The van der Waals surface area contributed by atoms with Gasteiger partial charge in [0.1, 0.15) is 0 Å². The number of para-hydroxylation sites is 1. The van der Waals surface area contributed by atoms with Crippen molar-refractivity contribution in [3.8, 4) is 16.9 Å². The molecule has 3 rings (SSSR count). The molecule has 110 valence electrons. The second-order valence-corrected chi connectivity index (χ2v) is 4.40. The Bertz CT molecular complexity index is 642. The summed E-state index contributed by atoms with van der Waals surface area (Å²) in [5.74, 6) is 0.280. The molecule has 0 radical (unpaired) electrons. The summed E-state index contributed by atoms with van der Waals surface area (Å²) in [6.07, 6.45) is -1.54. The maximum absolute atomic E-state index is 9.84. The minimum absolute atomic E-state index is 0.280. The topological polar surface area (TPSA) is 49.4 Å². The van der Waals surface area contributed by atoms with Crippen molar-refractivity contribution in [2.45, 2.75) is 0 Å². The molecule has 0 unspecified atom stereocenters. The van der Waals surface area contributed by atoms with Crippen LogP contribution in [0.4, 0.5) is 4.79 Å². The highest BCUT2D eigenvalue weighted by Crippen LogP contribution is 2.17. The van der Waals surface area contributed by atoms with Crippen molar-refractivity contribution in [2.24, 2.45) is 0 Å². The second kappa shape index (κ2) is 8.27. The average Bonchev–Trinajstić information content (AvgIpc) is 2.57. The third-order valence-electron chi connectivity index (χ3n) is 2.83. The van der Waals surface area contributed by atoms with E-state index >= 15 is 0 Å². The van der Waals surface area contributed by atoms with Crippen molar-refractivity contribution < 1.29 is 14.6 Å². The van der Waals surface area contributed by atoms with E-state index in [9.17, 15) is 9.90 Å². The lowest BCUT2D eigenvalue weighted by Crippen LogP contribution is -2.26. The third-order valence-corrected chi connectivity index (χ3v) is 2.83. The van der Waals surface area contributed by atoms with Crippen LogP contribution in [0.3, 0.4) is 0 Å². The van der Waals surface area contributed by atoms with Gasteiger partial charge in [-0.2, -0.15) is 0 Å². The van der Waals surface area contributed by atoms with Gasteiger partial charge in [-0.05, 0) is 23.3 Å². The summed E-state index contributed by atoms with van der Waals surface area (Å²) >= 11 is 0. The van der Waals surface area contributed by atoms with E-state index in [1.165, 1.54) is 23.3 Å². The van der Waals surface area contributed by atoms with Crippen LogP contribution in [0.5, 0.6) is 5.75 Å². The van der Waals surface area contributed by atoms with Crippen molar-refractivity contribution in [2.75, 3.05) is 0 Å². The van der Waals surface area contributed by atoms with Gasteiger partial charge in [0.15, 0.2) is 0 Å². The van der Waals surface area contributed by atoms with Crippen LogP contribution in [0.2, 0.25) is 0 Å². The zero-order valence-electron chi connectivity index (χ0n) is 11.9. The molecule has 3 heteroatoms. The molecule has 0 aliphatic carbocycles. The Morgan fingerprint density at radius 3 is 1.36 bits per heavy atom. The maximum atomic E-state index is 9.84. The first-order valence-electron chi connectivity index (χ1n) is 6.80. The van der Waals surface area contributed by atoms with Gasteiger partial charge in [-0.3, -0.25) is 0 Å². The number of carboxylic acid groups (broad SMARTS) is 1. The Kier molecular flexibility index (Phi) is 5.76. The number of hydrogen-bond acceptors (Lipinski definition) is 3. The van der Waals surface area contributed by atoms with E-state index in [2.05, 4.69) is 53.3 Å². The van der Waals surface area contributed by atoms with E-state index in [0.717, 1.165) is 0 Å². The summed E-state index contributed by atoms with van der Waals surface area (Å²) < 4.78 is 4.22. The Labute approximate surface area is 129 Å². The molecule has 0 heterocycles. The molecule has 0 N–H and O–H groups in total. The first-order valence-corrected chi connectivity index (χ1v) is 6.80. The lowest BCUT2D eigenvalue weighted by molar-refractivity contribution is -0.271. The Morgan fingerprint density at radius 2 is 1.00 bits per heavy atom. The van der Waals surface area contributed by atoms with E-state index < -0.39 is 6.16 Å². The normalized spacial score (nSPS) is 9.27. The highest BCUT2D eigenvalue weighted by molar-refractivity contribution is 5.62. The quantitative estimate of drug-likeness (QED) is 0.533. The van der Waals surface area contributed by atoms with Crippen LogP contribution >= 0.6 is 0 Å². The van der Waals surface area contributed by atoms with E-state index in [1.807, 2.05) is 12.1 Å². The van der Waals surface area contributed by atoms with Crippen molar-refractivity contribution in [1.82, 2.24) is 0 Å². The number of carbonyl (C=O) groups excluding carboxylic acids is 1. The number of ether oxygens (including phenoxy) is 1. The molecular weight excluding hydrogens is 276 g/mol. The van der Waals surface area contributed by atoms with Crippen LogP contribution in [-0.2, 0) is 0 Å². The predicted molar refractivity (Wildman–Crippen MR) is 84.3 cm³/mol. The van der Waals surface area contributed by atoms with Crippen LogP contribution in [0.1, 0.15) is 0 Å². The molecule has 0 fully saturated rings. The van der Waals surface area contributed by atoms with Crippen LogP contribution in [0.15, 0.2) is 91.0 Å². The molecule has 0 aromatic heterocycles. The molecule has 3 aromatic carbocycles. The van der Waals surface area contributed by atoms with Gasteiger partial charge in [0.2, 0.25) is 0 Å². The van der Waals surface area contributed by atoms with E-state index in [-0.39, 0.29) is 5.75 Å². The van der Waals surface area contributed by atoms with Crippen molar-refractivity contribution in [1.29, 1.82) is 0 Å². The molecule has 0 aliphatic heterocycles. The fourth-order valence-electron chi connectivity index (χ4n) is 1.85. The van der Waals surface area contributed by atoms with Crippen LogP contribution in [0, 0.1) is 0 Å². The van der Waals surface area contributed by atoms with Gasteiger partial charge in [0.05, 0.1) is 5.75 Å². The Morgan fingerprint density at radius 1 is 0.636 bits per heavy atom. The predicted octanol–water partition coefficient (Wildman–Crippen LogP) is 3.76. The number of carbonyl (C=O) groups is 1. The van der Waals surface area contributed by atoms with Crippen molar-refractivity contribution >= 4 is 6.16 Å². The summed E-state index contributed by atoms with van der Waals surface area (Å²) in [5.41, 5.74) is 2.55. The molecule has 3 aromatic rings. The molecule has 0 saturated carbocycles. The van der Waals surface area contributed by atoms with Gasteiger partial charge in [-0.1, -0.05) is 78.9 Å². The first kappa shape index (κ1) is 15.3. The molecule has 0 spiro atoms. The van der Waals surface area contributed by atoms with Crippen LogP contribution < -0.4 is 9.84 Å². The van der Waals surface area contributed by atoms with E-state index in [4.69, 9.17) is 0 Å². The summed E-state index contributed by atoms with van der Waals surface area (Å²) in [6, 6.07) is 29.0. The fourth-order valence-corrected chi connectivity index (χ4v) is 1.85. The van der Waals surface area contributed by atoms with Crippen molar-refractivity contribution in [3.63, 3.8) is 0 Å². The highest BCUT2D eigenvalue weighted by Gasteiger charge is 1.91. The molecule has 3 nitrogen and oxygen atoms in total. The first-order chi connectivity index (χ1) is 10.8. The van der Waals surface area contributed by atoms with Gasteiger partial charge in [0.25, 0.3) is 6.16 Å². The number of hydrogen-bond donors (Lipinski definition) is 0. The molecule has 22 heavy (non-hydrogen) atoms. The minimum Gasteiger partial charge on any atom is -0.514 e. The highest BCUT2D eigenvalue weighted by atomic mass is 16.7. The lowest BCUT2D eigenvalue weighted by Gasteiger charge is -2.05. The lowest BCUT2D eigenvalue weighted by atomic mass is 10.1. The van der Waals surface area contributed by atoms with Crippen molar-refractivity contribution in [3.05, 3.63) is 91.0 Å². The molecule has 0 aliphatic rings. The Balaban J connectivity index is 0.000000164. The van der Waals surface area contributed by atoms with Gasteiger partial charge in [-0.25, -0.2) is 0 Å². The largest absolute Gasteiger partial charge is 0.514 e. The summed E-state index contributed by atoms with van der Waals surface area (Å²) in [6.45, 7) is 0. The number of benzene rings is 3. The Hall–Kier alpha value is -3.07. The second-order valence-electron chi connectivity index (χ2n) is 4.40. The van der Waals surface area contributed by atoms with Crippen LogP contribution in [-0.4, -0.2) is 6.16 Å². The molecule has 0 atom stereocenters. The molecule has 0 bridgehead atoms. The van der Waals surface area contributed by atoms with Gasteiger partial charge < -0.3 is 14.6 Å². The zero-order chi connectivity index (χ0) is 15.6. The van der Waals surface area contributed by atoms with Gasteiger partial charge in [0, 0.05) is 0 Å². The van der Waals surface area contributed by atoms with Gasteiger partial charge in [-0.15, -0.1) is 0 Å². The fraction of sp³-hybridized carbons (Fsp3) is 0. The third kappa shape index (κ3) is 5.13. The molecule has 0 amide bonds. The standard InChI is InChI=1S/C12H10.C7H6O3/c1-3-7-11(8-4-1)12-9-5-2-6-10-12;8-7(9)10-6-4-2-1-3-5-6/h1-10H;1-5H,(H,8,9)/p-1. The maximum Gasteiger partial charge on any atom is 0.257 e. The van der Waals surface area contributed by atoms with Gasteiger partial charge >= 0.3 is 0 Å². The average molecular weight is 291 g/mol. The minimum atomic E-state index is -1.54.